The van der Waals surface area contributed by atoms with E-state index < -0.39 is 16.0 Å². The van der Waals surface area contributed by atoms with Crippen LogP contribution in [0.15, 0.2) is 70.2 Å². The predicted molar refractivity (Wildman–Crippen MR) is 102 cm³/mol. The Morgan fingerprint density at radius 1 is 1.11 bits per heavy atom. The standard InChI is InChI=1S/C19H15N3O5S/c1-26-19(23)13-4-6-15(7-5-13)28(24,25)22-18-11-17(21-27-18)14-3-2-12-8-9-20-16(12)10-14/h2-11,20,22H,1H3. The minimum Gasteiger partial charge on any atom is -0.465 e. The summed E-state index contributed by atoms with van der Waals surface area (Å²) in [5.74, 6) is -0.561. The number of esters is 1. The van der Waals surface area contributed by atoms with Crippen LogP contribution < -0.4 is 4.72 Å². The van der Waals surface area contributed by atoms with Gasteiger partial charge >= 0.3 is 5.97 Å². The topological polar surface area (TPSA) is 114 Å². The quantitative estimate of drug-likeness (QED) is 0.499. The molecule has 0 unspecified atom stereocenters. The molecule has 2 aromatic carbocycles. The summed E-state index contributed by atoms with van der Waals surface area (Å²) in [6.07, 6.45) is 1.84. The summed E-state index contributed by atoms with van der Waals surface area (Å²) < 4.78 is 37.1. The molecule has 4 aromatic rings. The Morgan fingerprint density at radius 3 is 2.64 bits per heavy atom. The summed E-state index contributed by atoms with van der Waals surface area (Å²) >= 11 is 0. The highest BCUT2D eigenvalue weighted by Gasteiger charge is 2.18. The van der Waals surface area contributed by atoms with Gasteiger partial charge in [0.25, 0.3) is 10.0 Å². The van der Waals surface area contributed by atoms with E-state index in [0.29, 0.717) is 5.69 Å². The lowest BCUT2D eigenvalue weighted by Crippen LogP contribution is -2.12. The van der Waals surface area contributed by atoms with E-state index in [0.717, 1.165) is 16.5 Å². The van der Waals surface area contributed by atoms with Crippen molar-refractivity contribution in [2.24, 2.45) is 0 Å². The Labute approximate surface area is 160 Å². The van der Waals surface area contributed by atoms with E-state index in [9.17, 15) is 13.2 Å². The molecule has 2 aromatic heterocycles. The van der Waals surface area contributed by atoms with Crippen LogP contribution in [-0.2, 0) is 14.8 Å². The molecule has 0 aliphatic heterocycles. The van der Waals surface area contributed by atoms with Gasteiger partial charge in [0.05, 0.1) is 17.6 Å². The molecule has 0 aliphatic carbocycles. The Kier molecular flexibility index (Phi) is 4.36. The Balaban J connectivity index is 1.56. The van der Waals surface area contributed by atoms with Gasteiger partial charge in [-0.3, -0.25) is 0 Å². The molecule has 0 spiro atoms. The number of aromatic nitrogens is 2. The predicted octanol–water partition coefficient (Wildman–Crippen LogP) is 3.41. The van der Waals surface area contributed by atoms with Gasteiger partial charge in [-0.2, -0.15) is 0 Å². The van der Waals surface area contributed by atoms with Crippen LogP contribution in [0.2, 0.25) is 0 Å². The van der Waals surface area contributed by atoms with Gasteiger partial charge in [-0.05, 0) is 41.8 Å². The third-order valence-electron chi connectivity index (χ3n) is 4.18. The molecule has 9 heteroatoms. The summed E-state index contributed by atoms with van der Waals surface area (Å²) in [5.41, 5.74) is 2.47. The highest BCUT2D eigenvalue weighted by atomic mass is 32.2. The average molecular weight is 397 g/mol. The highest BCUT2D eigenvalue weighted by molar-refractivity contribution is 7.92. The summed E-state index contributed by atoms with van der Waals surface area (Å²) in [6.45, 7) is 0. The summed E-state index contributed by atoms with van der Waals surface area (Å²) in [5, 5.41) is 4.99. The number of carbonyl (C=O) groups excluding carboxylic acids is 1. The first-order chi connectivity index (χ1) is 13.5. The summed E-state index contributed by atoms with van der Waals surface area (Å²) in [7, 11) is -2.65. The third kappa shape index (κ3) is 3.35. The molecule has 0 radical (unpaired) electrons. The molecular formula is C19H15N3O5S. The molecule has 0 fully saturated rings. The Hall–Kier alpha value is -3.59. The Bertz CT molecular complexity index is 1260. The smallest absolute Gasteiger partial charge is 0.337 e. The Morgan fingerprint density at radius 2 is 1.89 bits per heavy atom. The maximum absolute atomic E-state index is 12.5. The van der Waals surface area contributed by atoms with E-state index in [1.165, 1.54) is 37.4 Å². The molecule has 142 valence electrons. The first-order valence-corrected chi connectivity index (χ1v) is 9.70. The van der Waals surface area contributed by atoms with E-state index >= 15 is 0 Å². The lowest BCUT2D eigenvalue weighted by Gasteiger charge is -2.05. The zero-order valence-electron chi connectivity index (χ0n) is 14.7. The largest absolute Gasteiger partial charge is 0.465 e. The van der Waals surface area contributed by atoms with Crippen molar-refractivity contribution in [3.05, 3.63) is 66.4 Å². The fraction of sp³-hybridized carbons (Fsp3) is 0.0526. The number of nitrogens with zero attached hydrogens (tertiary/aromatic N) is 1. The van der Waals surface area contributed by atoms with Gasteiger partial charge in [-0.15, -0.1) is 0 Å². The maximum Gasteiger partial charge on any atom is 0.337 e. The zero-order chi connectivity index (χ0) is 19.7. The first kappa shape index (κ1) is 17.8. The second kappa shape index (κ2) is 6.86. The van der Waals surface area contributed by atoms with E-state index in [-0.39, 0.29) is 16.3 Å². The van der Waals surface area contributed by atoms with Crippen molar-refractivity contribution in [3.63, 3.8) is 0 Å². The number of fused-ring (bicyclic) bond motifs is 1. The number of carbonyl (C=O) groups is 1. The van der Waals surface area contributed by atoms with Crippen LogP contribution >= 0.6 is 0 Å². The SMILES string of the molecule is COC(=O)c1ccc(S(=O)(=O)Nc2cc(-c3ccc4cc[nH]c4c3)no2)cc1. The average Bonchev–Trinajstić information content (AvgIpc) is 3.35. The number of aromatic amines is 1. The van der Waals surface area contributed by atoms with E-state index in [4.69, 9.17) is 4.52 Å². The number of hydrogen-bond donors (Lipinski definition) is 2. The van der Waals surface area contributed by atoms with Gasteiger partial charge < -0.3 is 14.2 Å². The molecule has 0 bridgehead atoms. The van der Waals surface area contributed by atoms with Crippen LogP contribution in [0.3, 0.4) is 0 Å². The van der Waals surface area contributed by atoms with E-state index in [2.05, 4.69) is 19.6 Å². The van der Waals surface area contributed by atoms with Gasteiger partial charge in [-0.25, -0.2) is 17.9 Å². The molecule has 0 amide bonds. The first-order valence-electron chi connectivity index (χ1n) is 8.22. The number of H-pyrrole nitrogens is 1. The number of benzene rings is 2. The van der Waals surface area contributed by atoms with Gasteiger partial charge in [0.1, 0.15) is 5.69 Å². The monoisotopic (exact) mass is 397 g/mol. The van der Waals surface area contributed by atoms with Crippen molar-refractivity contribution >= 4 is 32.8 Å². The van der Waals surface area contributed by atoms with Crippen LogP contribution in [0.4, 0.5) is 5.88 Å². The fourth-order valence-electron chi connectivity index (χ4n) is 2.75. The number of nitrogens with one attached hydrogen (secondary N) is 2. The van der Waals surface area contributed by atoms with E-state index in [1.807, 2.05) is 30.5 Å². The normalized spacial score (nSPS) is 11.5. The number of rotatable bonds is 5. The van der Waals surface area contributed by atoms with Crippen molar-refractivity contribution in [2.75, 3.05) is 11.8 Å². The molecule has 2 heterocycles. The third-order valence-corrected chi connectivity index (χ3v) is 5.54. The second-order valence-corrected chi connectivity index (χ2v) is 7.66. The van der Waals surface area contributed by atoms with Crippen LogP contribution in [0, 0.1) is 0 Å². The summed E-state index contributed by atoms with van der Waals surface area (Å²) in [4.78, 5) is 14.5. The number of sulfonamides is 1. The minimum absolute atomic E-state index is 0.0152. The van der Waals surface area contributed by atoms with Crippen LogP contribution in [0.5, 0.6) is 0 Å². The number of anilines is 1. The summed E-state index contributed by atoms with van der Waals surface area (Å²) in [6, 6.07) is 14.5. The minimum atomic E-state index is -3.90. The van der Waals surface area contributed by atoms with Gasteiger partial charge in [0.15, 0.2) is 0 Å². The van der Waals surface area contributed by atoms with Crippen molar-refractivity contribution in [1.29, 1.82) is 0 Å². The number of methoxy groups -OCH3 is 1. The maximum atomic E-state index is 12.5. The zero-order valence-corrected chi connectivity index (χ0v) is 15.5. The molecule has 0 atom stereocenters. The lowest BCUT2D eigenvalue weighted by molar-refractivity contribution is 0.0600. The molecule has 4 rings (SSSR count). The van der Waals surface area contributed by atoms with Crippen molar-refractivity contribution in [3.8, 4) is 11.3 Å². The van der Waals surface area contributed by atoms with Crippen LogP contribution in [-0.4, -0.2) is 31.6 Å². The fourth-order valence-corrected chi connectivity index (χ4v) is 3.72. The van der Waals surface area contributed by atoms with Gasteiger partial charge in [0.2, 0.25) is 5.88 Å². The molecule has 8 nitrogen and oxygen atoms in total. The second-order valence-electron chi connectivity index (χ2n) is 5.98. The highest BCUT2D eigenvalue weighted by Crippen LogP contribution is 2.26. The van der Waals surface area contributed by atoms with Crippen molar-refractivity contribution < 1.29 is 22.5 Å². The van der Waals surface area contributed by atoms with E-state index in [1.54, 1.807) is 0 Å². The molecule has 0 saturated carbocycles. The molecule has 0 aliphatic rings. The van der Waals surface area contributed by atoms with Gasteiger partial charge in [0, 0.05) is 23.3 Å². The van der Waals surface area contributed by atoms with Gasteiger partial charge in [-0.1, -0.05) is 17.3 Å². The van der Waals surface area contributed by atoms with Crippen LogP contribution in [0.25, 0.3) is 22.2 Å². The molecule has 28 heavy (non-hydrogen) atoms. The van der Waals surface area contributed by atoms with Crippen LogP contribution in [0.1, 0.15) is 10.4 Å². The number of hydrogen-bond acceptors (Lipinski definition) is 6. The molecule has 0 saturated heterocycles. The molecular weight excluding hydrogens is 382 g/mol. The van der Waals surface area contributed by atoms with Crippen molar-refractivity contribution in [2.45, 2.75) is 4.90 Å². The lowest BCUT2D eigenvalue weighted by atomic mass is 10.1. The van der Waals surface area contributed by atoms with Crippen molar-refractivity contribution in [1.82, 2.24) is 10.1 Å². The molecule has 2 N–H and O–H groups in total. The number of ether oxygens (including phenoxy) is 1.